The van der Waals surface area contributed by atoms with Gasteiger partial charge in [0.25, 0.3) is 0 Å². The highest BCUT2D eigenvalue weighted by Crippen LogP contribution is 2.35. The van der Waals surface area contributed by atoms with Crippen LogP contribution in [0.4, 0.5) is 5.82 Å². The Labute approximate surface area is 220 Å². The number of fused-ring (bicyclic) bond motifs is 1. The third kappa shape index (κ3) is 6.05. The van der Waals surface area contributed by atoms with Crippen molar-refractivity contribution in [1.82, 2.24) is 14.9 Å². The zero-order valence-corrected chi connectivity index (χ0v) is 21.4. The van der Waals surface area contributed by atoms with Crippen LogP contribution in [-0.4, -0.2) is 61.4 Å². The summed E-state index contributed by atoms with van der Waals surface area (Å²) in [5.41, 5.74) is 7.84. The maximum absolute atomic E-state index is 6.35. The molecule has 37 heavy (non-hydrogen) atoms. The molecule has 2 heterocycles. The first-order chi connectivity index (χ1) is 18.1. The first kappa shape index (κ1) is 25.1. The van der Waals surface area contributed by atoms with Crippen LogP contribution in [-0.2, 0) is 4.74 Å². The van der Waals surface area contributed by atoms with Gasteiger partial charge in [0.15, 0.2) is 17.3 Å². The minimum absolute atomic E-state index is 0.372. The van der Waals surface area contributed by atoms with Crippen LogP contribution in [0.2, 0.25) is 5.02 Å². The van der Waals surface area contributed by atoms with Crippen LogP contribution in [0.25, 0.3) is 22.3 Å². The molecule has 1 saturated heterocycles. The fraction of sp³-hybridized carbons (Fsp3) is 0.286. The Morgan fingerprint density at radius 2 is 1.76 bits per heavy atom. The van der Waals surface area contributed by atoms with Crippen molar-refractivity contribution in [2.24, 2.45) is 0 Å². The van der Waals surface area contributed by atoms with Crippen LogP contribution in [0, 0.1) is 0 Å². The molecule has 2 N–H and O–H groups in total. The summed E-state index contributed by atoms with van der Waals surface area (Å²) in [5.74, 6) is 3.36. The average Bonchev–Trinajstić information content (AvgIpc) is 2.93. The lowest BCUT2D eigenvalue weighted by Gasteiger charge is -2.26. The van der Waals surface area contributed by atoms with Gasteiger partial charge in [0.05, 0.1) is 37.5 Å². The van der Waals surface area contributed by atoms with Crippen molar-refractivity contribution in [2.75, 3.05) is 52.3 Å². The van der Waals surface area contributed by atoms with Crippen molar-refractivity contribution in [3.63, 3.8) is 0 Å². The predicted octanol–water partition coefficient (Wildman–Crippen LogP) is 5.43. The lowest BCUT2D eigenvalue weighted by molar-refractivity contribution is 0.0357. The molecule has 0 radical (unpaired) electrons. The zero-order valence-electron chi connectivity index (χ0n) is 20.7. The van der Waals surface area contributed by atoms with Crippen molar-refractivity contribution in [1.29, 1.82) is 0 Å². The van der Waals surface area contributed by atoms with Gasteiger partial charge in [-0.2, -0.15) is 0 Å². The molecule has 1 aliphatic rings. The van der Waals surface area contributed by atoms with Crippen LogP contribution >= 0.6 is 11.6 Å². The first-order valence-corrected chi connectivity index (χ1v) is 12.6. The molecule has 0 aliphatic carbocycles. The van der Waals surface area contributed by atoms with E-state index < -0.39 is 0 Å². The largest absolute Gasteiger partial charge is 0.493 e. The van der Waals surface area contributed by atoms with E-state index in [1.807, 2.05) is 54.6 Å². The molecular formula is C28H29ClN4O4. The molecule has 8 nitrogen and oxygen atoms in total. The number of nitrogens with two attached hydrogens (primary N) is 1. The van der Waals surface area contributed by atoms with E-state index in [1.54, 1.807) is 13.2 Å². The summed E-state index contributed by atoms with van der Waals surface area (Å²) in [4.78, 5) is 11.7. The molecule has 1 fully saturated rings. The summed E-state index contributed by atoms with van der Waals surface area (Å²) in [6.45, 7) is 5.05. The number of nitrogens with zero attached hydrogens (tertiary/aromatic N) is 3. The van der Waals surface area contributed by atoms with Gasteiger partial charge in [0, 0.05) is 36.7 Å². The number of benzene rings is 3. The third-order valence-electron chi connectivity index (χ3n) is 6.17. The highest BCUT2D eigenvalue weighted by atomic mass is 35.5. The Balaban J connectivity index is 1.31. The minimum Gasteiger partial charge on any atom is -0.493 e. The SMILES string of the molecule is COc1cc2nc(-c3ccc(Oc4ccccc4Cl)cc3)nc(N)c2cc1OCCCN1CCOCC1. The minimum atomic E-state index is 0.372. The number of rotatable bonds is 9. The predicted molar refractivity (Wildman–Crippen MR) is 145 cm³/mol. The van der Waals surface area contributed by atoms with Crippen LogP contribution in [0.1, 0.15) is 6.42 Å². The lowest BCUT2D eigenvalue weighted by Crippen LogP contribution is -2.37. The molecule has 0 bridgehead atoms. The van der Waals surface area contributed by atoms with E-state index in [0.29, 0.717) is 57.2 Å². The van der Waals surface area contributed by atoms with E-state index in [1.165, 1.54) is 0 Å². The Bertz CT molecular complexity index is 1360. The summed E-state index contributed by atoms with van der Waals surface area (Å²) in [6.07, 6.45) is 0.905. The van der Waals surface area contributed by atoms with Gasteiger partial charge in [-0.25, -0.2) is 9.97 Å². The maximum Gasteiger partial charge on any atom is 0.162 e. The number of hydrogen-bond acceptors (Lipinski definition) is 8. The second-order valence-corrected chi connectivity index (χ2v) is 9.07. The Morgan fingerprint density at radius 3 is 2.51 bits per heavy atom. The molecule has 1 aromatic heterocycles. The van der Waals surface area contributed by atoms with E-state index in [2.05, 4.69) is 9.88 Å². The van der Waals surface area contributed by atoms with Gasteiger partial charge in [-0.15, -0.1) is 0 Å². The molecule has 0 spiro atoms. The van der Waals surface area contributed by atoms with Gasteiger partial charge in [-0.1, -0.05) is 23.7 Å². The first-order valence-electron chi connectivity index (χ1n) is 12.2. The molecule has 192 valence electrons. The summed E-state index contributed by atoms with van der Waals surface area (Å²) in [6, 6.07) is 18.5. The van der Waals surface area contributed by atoms with Gasteiger partial charge in [0.1, 0.15) is 17.3 Å². The van der Waals surface area contributed by atoms with Gasteiger partial charge in [-0.3, -0.25) is 4.90 Å². The van der Waals surface area contributed by atoms with Crippen LogP contribution in [0.5, 0.6) is 23.0 Å². The molecule has 0 saturated carbocycles. The molecule has 1 aliphatic heterocycles. The van der Waals surface area contributed by atoms with E-state index in [9.17, 15) is 0 Å². The van der Waals surface area contributed by atoms with Gasteiger partial charge >= 0.3 is 0 Å². The van der Waals surface area contributed by atoms with Crippen molar-refractivity contribution >= 4 is 28.3 Å². The van der Waals surface area contributed by atoms with Crippen molar-refractivity contribution in [3.05, 3.63) is 65.7 Å². The van der Waals surface area contributed by atoms with Crippen LogP contribution in [0.3, 0.4) is 0 Å². The summed E-state index contributed by atoms with van der Waals surface area (Å²) in [5, 5.41) is 1.26. The monoisotopic (exact) mass is 520 g/mol. The number of anilines is 1. The lowest BCUT2D eigenvalue weighted by atomic mass is 10.1. The van der Waals surface area contributed by atoms with Gasteiger partial charge in [0.2, 0.25) is 0 Å². The molecular weight excluding hydrogens is 492 g/mol. The fourth-order valence-corrected chi connectivity index (χ4v) is 4.36. The summed E-state index contributed by atoms with van der Waals surface area (Å²) in [7, 11) is 1.62. The van der Waals surface area contributed by atoms with Crippen molar-refractivity contribution < 1.29 is 18.9 Å². The Hall–Kier alpha value is -3.59. The number of para-hydroxylation sites is 1. The topological polar surface area (TPSA) is 92.0 Å². The molecule has 5 rings (SSSR count). The second kappa shape index (κ2) is 11.6. The number of methoxy groups -OCH3 is 1. The number of aromatic nitrogens is 2. The average molecular weight is 521 g/mol. The maximum atomic E-state index is 6.35. The zero-order chi connectivity index (χ0) is 25.6. The smallest absolute Gasteiger partial charge is 0.162 e. The fourth-order valence-electron chi connectivity index (χ4n) is 4.18. The number of hydrogen-bond donors (Lipinski definition) is 1. The quantitative estimate of drug-likeness (QED) is 0.292. The second-order valence-electron chi connectivity index (χ2n) is 8.67. The Morgan fingerprint density at radius 1 is 0.973 bits per heavy atom. The number of ether oxygens (including phenoxy) is 4. The normalized spacial score (nSPS) is 14.0. The van der Waals surface area contributed by atoms with E-state index in [0.717, 1.165) is 44.8 Å². The van der Waals surface area contributed by atoms with Crippen LogP contribution in [0.15, 0.2) is 60.7 Å². The van der Waals surface area contributed by atoms with E-state index >= 15 is 0 Å². The van der Waals surface area contributed by atoms with Gasteiger partial charge in [-0.05, 0) is 48.9 Å². The van der Waals surface area contributed by atoms with E-state index in [-0.39, 0.29) is 0 Å². The van der Waals surface area contributed by atoms with Crippen LogP contribution < -0.4 is 19.9 Å². The highest BCUT2D eigenvalue weighted by molar-refractivity contribution is 6.32. The van der Waals surface area contributed by atoms with E-state index in [4.69, 9.17) is 41.3 Å². The standard InChI is InChI=1S/C28H29ClN4O4/c1-34-25-18-23-21(17-26(25)36-14-4-11-33-12-15-35-16-13-33)27(30)32-28(31-23)19-7-9-20(10-8-19)37-24-6-3-2-5-22(24)29/h2-3,5-10,17-18H,4,11-16H2,1H3,(H2,30,31,32). The molecule has 4 aromatic rings. The highest BCUT2D eigenvalue weighted by Gasteiger charge is 2.15. The molecule has 0 unspecified atom stereocenters. The summed E-state index contributed by atoms with van der Waals surface area (Å²) >= 11 is 6.19. The number of morpholine rings is 1. The summed E-state index contributed by atoms with van der Waals surface area (Å²) < 4.78 is 22.9. The van der Waals surface area contributed by atoms with Gasteiger partial charge < -0.3 is 24.7 Å². The molecule has 9 heteroatoms. The number of halogens is 1. The molecule has 0 atom stereocenters. The van der Waals surface area contributed by atoms with Crippen molar-refractivity contribution in [3.8, 4) is 34.4 Å². The van der Waals surface area contributed by atoms with Crippen molar-refractivity contribution in [2.45, 2.75) is 6.42 Å². The molecule has 3 aromatic carbocycles. The molecule has 0 amide bonds. The number of nitrogen functional groups attached to an aromatic ring is 1. The Kier molecular flexibility index (Phi) is 7.89. The third-order valence-corrected chi connectivity index (χ3v) is 6.48.